The van der Waals surface area contributed by atoms with E-state index in [-0.39, 0.29) is 18.8 Å². The molecule has 0 radical (unpaired) electrons. The lowest BCUT2D eigenvalue weighted by Crippen LogP contribution is -2.37. The number of hydrogen-bond acceptors (Lipinski definition) is 10. The summed E-state index contributed by atoms with van der Waals surface area (Å²) >= 11 is 0. The van der Waals surface area contributed by atoms with Crippen molar-refractivity contribution in [1.82, 2.24) is 0 Å². The Morgan fingerprint density at radius 2 is 1.24 bits per heavy atom. The minimum atomic E-state index is -4.52. The summed E-state index contributed by atoms with van der Waals surface area (Å²) < 4.78 is 39.0. The summed E-state index contributed by atoms with van der Waals surface area (Å²) in [5, 5.41) is 0. The summed E-state index contributed by atoms with van der Waals surface area (Å²) in [7, 11) is 1.19. The number of likely N-dealkylation sites (N-methyl/N-ethyl adjacent to an activating group) is 1. The Balaban J connectivity index is 1.65. The molecule has 38 heavy (non-hydrogen) atoms. The first kappa shape index (κ1) is 29.0. The average molecular weight is 546 g/mol. The van der Waals surface area contributed by atoms with Gasteiger partial charge in [0.25, 0.3) is 7.82 Å². The highest BCUT2D eigenvalue weighted by Gasteiger charge is 2.16. The molecule has 12 heteroatoms. The van der Waals surface area contributed by atoms with Crippen molar-refractivity contribution in [2.45, 2.75) is 0 Å². The van der Waals surface area contributed by atoms with Crippen molar-refractivity contribution in [3.63, 3.8) is 0 Å². The molecule has 0 aliphatic rings. The van der Waals surface area contributed by atoms with Gasteiger partial charge in [0, 0.05) is 17.4 Å². The number of quaternary nitrogens is 1. The summed E-state index contributed by atoms with van der Waals surface area (Å²) in [5.41, 5.74) is 12.7. The van der Waals surface area contributed by atoms with E-state index in [1.165, 1.54) is 12.1 Å². The number of carbonyl (C=O) groups is 1. The maximum Gasteiger partial charge on any atom is 0.338 e. The number of ether oxygens (including phenoxy) is 3. The first-order chi connectivity index (χ1) is 17.9. The van der Waals surface area contributed by atoms with Crippen LogP contribution in [0.15, 0.2) is 66.7 Å². The smallest absolute Gasteiger partial charge is 0.338 e. The minimum absolute atomic E-state index is 0.0261. The predicted octanol–water partition coefficient (Wildman–Crippen LogP) is 3.80. The van der Waals surface area contributed by atoms with E-state index in [9.17, 15) is 14.3 Å². The molecule has 1 unspecified atom stereocenters. The van der Waals surface area contributed by atoms with Crippen LogP contribution in [0.2, 0.25) is 0 Å². The molecular formula is C26H32N3O8P. The van der Waals surface area contributed by atoms with E-state index >= 15 is 0 Å². The first-order valence-corrected chi connectivity index (χ1v) is 13.1. The largest absolute Gasteiger partial charge is 0.756 e. The molecule has 0 heterocycles. The molecule has 204 valence electrons. The number of phosphoric ester groups is 1. The van der Waals surface area contributed by atoms with Crippen molar-refractivity contribution < 1.29 is 42.0 Å². The van der Waals surface area contributed by atoms with Crippen molar-refractivity contribution in [3.05, 3.63) is 72.3 Å². The zero-order valence-electron chi connectivity index (χ0n) is 21.5. The Labute approximate surface area is 221 Å². The van der Waals surface area contributed by atoms with Crippen molar-refractivity contribution in [3.8, 4) is 23.0 Å². The zero-order valence-corrected chi connectivity index (χ0v) is 22.4. The fourth-order valence-corrected chi connectivity index (χ4v) is 3.66. The highest BCUT2D eigenvalue weighted by atomic mass is 31.2. The van der Waals surface area contributed by atoms with E-state index in [2.05, 4.69) is 0 Å². The number of phosphoric acid groups is 1. The average Bonchev–Trinajstić information content (AvgIpc) is 2.83. The van der Waals surface area contributed by atoms with E-state index in [0.29, 0.717) is 45.4 Å². The highest BCUT2D eigenvalue weighted by molar-refractivity contribution is 7.45. The molecule has 11 nitrogen and oxygen atoms in total. The molecule has 0 saturated carbocycles. The van der Waals surface area contributed by atoms with Gasteiger partial charge in [0.1, 0.15) is 42.8 Å². The fraction of sp³-hybridized carbons (Fsp3) is 0.269. The van der Waals surface area contributed by atoms with Crippen LogP contribution in [0.4, 0.5) is 11.4 Å². The highest BCUT2D eigenvalue weighted by Crippen LogP contribution is 2.38. The zero-order chi connectivity index (χ0) is 27.8. The minimum Gasteiger partial charge on any atom is -0.756 e. The lowest BCUT2D eigenvalue weighted by Gasteiger charge is -2.27. The third-order valence-electron chi connectivity index (χ3n) is 4.92. The summed E-state index contributed by atoms with van der Waals surface area (Å²) in [6, 6.07) is 18.0. The van der Waals surface area contributed by atoms with Gasteiger partial charge >= 0.3 is 5.97 Å². The van der Waals surface area contributed by atoms with Crippen LogP contribution >= 0.6 is 7.82 Å². The number of nitrogens with zero attached hydrogens (tertiary/aromatic N) is 1. The van der Waals surface area contributed by atoms with Crippen LogP contribution in [0.5, 0.6) is 23.0 Å². The Morgan fingerprint density at radius 3 is 1.71 bits per heavy atom. The number of nitrogen functional groups attached to an aromatic ring is 2. The second-order valence-corrected chi connectivity index (χ2v) is 10.7. The van der Waals surface area contributed by atoms with E-state index < -0.39 is 20.4 Å². The maximum absolute atomic E-state index is 12.7. The summed E-state index contributed by atoms with van der Waals surface area (Å²) in [4.78, 5) is 24.6. The van der Waals surface area contributed by atoms with Crippen molar-refractivity contribution >= 4 is 25.2 Å². The normalized spacial score (nSPS) is 12.9. The molecular weight excluding hydrogens is 513 g/mol. The Kier molecular flexibility index (Phi) is 9.73. The molecule has 3 aromatic rings. The molecule has 3 rings (SSSR count). The molecule has 0 aliphatic carbocycles. The molecule has 4 N–H and O–H groups in total. The fourth-order valence-electron chi connectivity index (χ4n) is 2.98. The van der Waals surface area contributed by atoms with Crippen molar-refractivity contribution in [2.75, 3.05) is 59.0 Å². The number of hydrogen-bond donors (Lipinski definition) is 2. The van der Waals surface area contributed by atoms with Crippen LogP contribution in [0, 0.1) is 0 Å². The second-order valence-electron chi connectivity index (χ2n) is 9.30. The number of anilines is 2. The third kappa shape index (κ3) is 10.0. The third-order valence-corrected chi connectivity index (χ3v) is 5.92. The van der Waals surface area contributed by atoms with Crippen LogP contribution in [0.1, 0.15) is 10.4 Å². The van der Waals surface area contributed by atoms with Crippen LogP contribution in [-0.4, -0.2) is 58.0 Å². The van der Waals surface area contributed by atoms with Crippen LogP contribution in [-0.2, 0) is 18.3 Å². The molecule has 0 aromatic heterocycles. The topological polar surface area (TPSA) is 155 Å². The van der Waals surface area contributed by atoms with Crippen LogP contribution in [0.25, 0.3) is 0 Å². The summed E-state index contributed by atoms with van der Waals surface area (Å²) in [5.74, 6) is 0.868. The maximum atomic E-state index is 12.7. The van der Waals surface area contributed by atoms with Gasteiger partial charge in [-0.15, -0.1) is 0 Å². The van der Waals surface area contributed by atoms with Gasteiger partial charge in [-0.25, -0.2) is 4.79 Å². The second kappa shape index (κ2) is 12.8. The molecule has 0 aliphatic heterocycles. The first-order valence-electron chi connectivity index (χ1n) is 11.7. The standard InChI is InChI=1S/C26H32N3O8P/c1-29(2,3)12-13-34-38(31,32)35-15-14-33-26(30)19-16-24(36-22-8-4-20(27)5-9-22)18-25(17-19)37-23-10-6-21(28)7-11-23/h4-11,16-18H,12-15,27-28H2,1-3H3. The van der Waals surface area contributed by atoms with Gasteiger partial charge in [-0.1, -0.05) is 0 Å². The monoisotopic (exact) mass is 545 g/mol. The van der Waals surface area contributed by atoms with E-state index in [4.69, 9.17) is 34.7 Å². The molecule has 0 amide bonds. The van der Waals surface area contributed by atoms with Crippen LogP contribution < -0.4 is 25.8 Å². The molecule has 0 saturated heterocycles. The van der Waals surface area contributed by atoms with Gasteiger partial charge in [-0.3, -0.25) is 4.57 Å². The van der Waals surface area contributed by atoms with Crippen LogP contribution in [0.3, 0.4) is 0 Å². The number of rotatable bonds is 13. The van der Waals surface area contributed by atoms with Gasteiger partial charge < -0.3 is 44.1 Å². The van der Waals surface area contributed by atoms with Gasteiger partial charge in [-0.05, 0) is 60.7 Å². The van der Waals surface area contributed by atoms with E-state index in [1.807, 2.05) is 21.1 Å². The van der Waals surface area contributed by atoms with E-state index in [0.717, 1.165) is 0 Å². The molecule has 0 bridgehead atoms. The SMILES string of the molecule is C[N+](C)(C)CCOP(=O)([O-])OCCOC(=O)c1cc(Oc2ccc(N)cc2)cc(Oc2ccc(N)cc2)c1. The Bertz CT molecular complexity index is 1200. The van der Waals surface area contributed by atoms with Crippen molar-refractivity contribution in [2.24, 2.45) is 0 Å². The summed E-state index contributed by atoms with van der Waals surface area (Å²) in [6.45, 7) is -0.268. The predicted molar refractivity (Wildman–Crippen MR) is 141 cm³/mol. The quantitative estimate of drug-likeness (QED) is 0.106. The molecule has 1 atom stereocenters. The lowest BCUT2D eigenvalue weighted by atomic mass is 10.2. The Hall–Kier alpha value is -3.60. The molecule has 3 aromatic carbocycles. The Morgan fingerprint density at radius 1 is 0.763 bits per heavy atom. The van der Waals surface area contributed by atoms with Gasteiger partial charge in [0.15, 0.2) is 0 Å². The number of nitrogens with two attached hydrogens (primary N) is 2. The van der Waals surface area contributed by atoms with Gasteiger partial charge in [0.05, 0.1) is 33.3 Å². The van der Waals surface area contributed by atoms with Gasteiger partial charge in [-0.2, -0.15) is 0 Å². The van der Waals surface area contributed by atoms with E-state index in [1.54, 1.807) is 54.6 Å². The number of esters is 1. The number of benzene rings is 3. The van der Waals surface area contributed by atoms with Gasteiger partial charge in [0.2, 0.25) is 0 Å². The van der Waals surface area contributed by atoms with Crippen molar-refractivity contribution in [1.29, 1.82) is 0 Å². The summed E-state index contributed by atoms with van der Waals surface area (Å²) in [6.07, 6.45) is 0. The molecule has 0 fully saturated rings. The lowest BCUT2D eigenvalue weighted by molar-refractivity contribution is -0.870. The molecule has 0 spiro atoms. The number of carbonyl (C=O) groups excluding carboxylic acids is 1.